The van der Waals surface area contributed by atoms with Crippen LogP contribution in [0.4, 0.5) is 8.78 Å². The van der Waals surface area contributed by atoms with Gasteiger partial charge >= 0.3 is 0 Å². The summed E-state index contributed by atoms with van der Waals surface area (Å²) in [5.41, 5.74) is 0. The van der Waals surface area contributed by atoms with Crippen molar-refractivity contribution < 1.29 is 13.5 Å². The van der Waals surface area contributed by atoms with Crippen molar-refractivity contribution in [2.75, 3.05) is 13.2 Å². The van der Waals surface area contributed by atoms with Gasteiger partial charge in [0.15, 0.2) is 0 Å². The molecule has 1 aliphatic heterocycles. The molecule has 4 heteroatoms. The molecule has 0 radical (unpaired) electrons. The number of halogens is 2. The molecule has 0 bridgehead atoms. The van der Waals surface area contributed by atoms with E-state index in [1.807, 2.05) is 0 Å². The lowest BCUT2D eigenvalue weighted by Gasteiger charge is -2.32. The maximum Gasteiger partial charge on any atom is 0.248 e. The van der Waals surface area contributed by atoms with E-state index >= 15 is 0 Å². The highest BCUT2D eigenvalue weighted by Gasteiger charge is 2.36. The fraction of sp³-hybridized carbons (Fsp3) is 1.00. The van der Waals surface area contributed by atoms with Crippen LogP contribution in [0.15, 0.2) is 0 Å². The third-order valence-electron chi connectivity index (χ3n) is 3.92. The second kappa shape index (κ2) is 5.61. The molecule has 1 aliphatic carbocycles. The van der Waals surface area contributed by atoms with Crippen LogP contribution in [0, 0.1) is 5.92 Å². The van der Waals surface area contributed by atoms with E-state index in [9.17, 15) is 8.78 Å². The number of rotatable bonds is 3. The van der Waals surface area contributed by atoms with Crippen molar-refractivity contribution in [1.29, 1.82) is 0 Å². The van der Waals surface area contributed by atoms with Crippen LogP contribution in [0.5, 0.6) is 0 Å². The SMILES string of the molecule is CC1CC(NCC2CCCC(F)(F)C2)CCO1. The number of ether oxygens (including phenoxy) is 1. The summed E-state index contributed by atoms with van der Waals surface area (Å²) in [4.78, 5) is 0. The lowest BCUT2D eigenvalue weighted by molar-refractivity contribution is -0.0533. The van der Waals surface area contributed by atoms with Gasteiger partial charge in [0.2, 0.25) is 5.92 Å². The number of hydrogen-bond acceptors (Lipinski definition) is 2. The molecule has 0 amide bonds. The lowest BCUT2D eigenvalue weighted by atomic mass is 9.86. The largest absolute Gasteiger partial charge is 0.378 e. The van der Waals surface area contributed by atoms with Crippen molar-refractivity contribution in [3.05, 3.63) is 0 Å². The second-order valence-electron chi connectivity index (χ2n) is 5.63. The Morgan fingerprint density at radius 2 is 2.18 bits per heavy atom. The number of alkyl halides is 2. The molecule has 2 nitrogen and oxygen atoms in total. The van der Waals surface area contributed by atoms with Gasteiger partial charge in [-0.2, -0.15) is 0 Å². The highest BCUT2D eigenvalue weighted by molar-refractivity contribution is 4.82. The highest BCUT2D eigenvalue weighted by Crippen LogP contribution is 2.36. The van der Waals surface area contributed by atoms with Gasteiger partial charge in [0.25, 0.3) is 0 Å². The Balaban J connectivity index is 1.70. The molecule has 2 aliphatic rings. The molecule has 0 aromatic carbocycles. The Kier molecular flexibility index (Phi) is 4.36. The first-order chi connectivity index (χ1) is 8.05. The second-order valence-corrected chi connectivity index (χ2v) is 5.63. The van der Waals surface area contributed by atoms with Crippen molar-refractivity contribution >= 4 is 0 Å². The van der Waals surface area contributed by atoms with Crippen molar-refractivity contribution in [3.8, 4) is 0 Å². The van der Waals surface area contributed by atoms with Gasteiger partial charge in [0.1, 0.15) is 0 Å². The predicted molar refractivity (Wildman–Crippen MR) is 63.3 cm³/mol. The number of hydrogen-bond donors (Lipinski definition) is 1. The van der Waals surface area contributed by atoms with Crippen LogP contribution >= 0.6 is 0 Å². The van der Waals surface area contributed by atoms with Gasteiger partial charge in [0.05, 0.1) is 6.10 Å². The van der Waals surface area contributed by atoms with E-state index in [0.29, 0.717) is 18.6 Å². The van der Waals surface area contributed by atoms with Crippen LogP contribution in [-0.2, 0) is 4.74 Å². The summed E-state index contributed by atoms with van der Waals surface area (Å²) in [6.07, 6.45) is 4.08. The molecule has 3 atom stereocenters. The first-order valence-corrected chi connectivity index (χ1v) is 6.78. The summed E-state index contributed by atoms with van der Waals surface area (Å²) in [6, 6.07) is 0.453. The Morgan fingerprint density at radius 3 is 2.88 bits per heavy atom. The van der Waals surface area contributed by atoms with Crippen LogP contribution in [0.1, 0.15) is 45.4 Å². The van der Waals surface area contributed by atoms with Crippen molar-refractivity contribution in [2.45, 2.75) is 63.5 Å². The Bertz CT molecular complexity index is 248. The molecule has 2 fully saturated rings. The van der Waals surface area contributed by atoms with Crippen LogP contribution < -0.4 is 5.32 Å². The molecule has 1 saturated heterocycles. The third-order valence-corrected chi connectivity index (χ3v) is 3.92. The van der Waals surface area contributed by atoms with Crippen LogP contribution in [0.3, 0.4) is 0 Å². The molecule has 0 spiro atoms. The average Bonchev–Trinajstić information content (AvgIpc) is 2.25. The molecule has 100 valence electrons. The van der Waals surface area contributed by atoms with E-state index in [-0.39, 0.29) is 18.8 Å². The smallest absolute Gasteiger partial charge is 0.248 e. The molecule has 2 rings (SSSR count). The van der Waals surface area contributed by atoms with Gasteiger partial charge in [0, 0.05) is 25.5 Å². The minimum Gasteiger partial charge on any atom is -0.378 e. The topological polar surface area (TPSA) is 21.3 Å². The first kappa shape index (κ1) is 13.2. The summed E-state index contributed by atoms with van der Waals surface area (Å²) in [7, 11) is 0. The highest BCUT2D eigenvalue weighted by atomic mass is 19.3. The van der Waals surface area contributed by atoms with Gasteiger partial charge < -0.3 is 10.1 Å². The van der Waals surface area contributed by atoms with Crippen molar-refractivity contribution in [1.82, 2.24) is 5.32 Å². The van der Waals surface area contributed by atoms with Crippen LogP contribution in [0.2, 0.25) is 0 Å². The van der Waals surface area contributed by atoms with Gasteiger partial charge in [-0.25, -0.2) is 8.78 Å². The zero-order chi connectivity index (χ0) is 12.3. The van der Waals surface area contributed by atoms with Gasteiger partial charge in [-0.3, -0.25) is 0 Å². The lowest BCUT2D eigenvalue weighted by Crippen LogP contribution is -2.41. The summed E-state index contributed by atoms with van der Waals surface area (Å²) in [5, 5.41) is 3.45. The van der Waals surface area contributed by atoms with Crippen LogP contribution in [-0.4, -0.2) is 31.2 Å². The van der Waals surface area contributed by atoms with E-state index < -0.39 is 5.92 Å². The van der Waals surface area contributed by atoms with E-state index in [2.05, 4.69) is 12.2 Å². The van der Waals surface area contributed by atoms with Gasteiger partial charge in [-0.05, 0) is 45.1 Å². The van der Waals surface area contributed by atoms with E-state index in [1.165, 1.54) is 0 Å². The fourth-order valence-electron chi connectivity index (χ4n) is 2.97. The monoisotopic (exact) mass is 247 g/mol. The molecule has 1 saturated carbocycles. The normalized spacial score (nSPS) is 37.9. The van der Waals surface area contributed by atoms with E-state index in [4.69, 9.17) is 4.74 Å². The van der Waals surface area contributed by atoms with Crippen LogP contribution in [0.25, 0.3) is 0 Å². The molecule has 0 aromatic heterocycles. The molecule has 3 unspecified atom stereocenters. The summed E-state index contributed by atoms with van der Waals surface area (Å²) < 4.78 is 31.9. The number of nitrogens with one attached hydrogen (secondary N) is 1. The predicted octanol–water partition coefficient (Wildman–Crippen LogP) is 2.97. The summed E-state index contributed by atoms with van der Waals surface area (Å²) in [5.74, 6) is -2.27. The van der Waals surface area contributed by atoms with E-state index in [0.717, 1.165) is 32.4 Å². The molecule has 0 aromatic rings. The fourth-order valence-corrected chi connectivity index (χ4v) is 2.97. The Labute approximate surface area is 102 Å². The Morgan fingerprint density at radius 1 is 1.35 bits per heavy atom. The molecule has 1 N–H and O–H groups in total. The molecule has 17 heavy (non-hydrogen) atoms. The molecular weight excluding hydrogens is 224 g/mol. The first-order valence-electron chi connectivity index (χ1n) is 6.78. The minimum atomic E-state index is -2.42. The zero-order valence-electron chi connectivity index (χ0n) is 10.6. The minimum absolute atomic E-state index is 0.0682. The van der Waals surface area contributed by atoms with Crippen molar-refractivity contribution in [2.24, 2.45) is 5.92 Å². The average molecular weight is 247 g/mol. The van der Waals surface area contributed by atoms with Gasteiger partial charge in [-0.1, -0.05) is 0 Å². The third kappa shape index (κ3) is 4.18. The quantitative estimate of drug-likeness (QED) is 0.828. The zero-order valence-corrected chi connectivity index (χ0v) is 10.6. The van der Waals surface area contributed by atoms with Crippen molar-refractivity contribution in [3.63, 3.8) is 0 Å². The Hall–Kier alpha value is -0.220. The standard InChI is InChI=1S/C13H23F2NO/c1-10-7-12(4-6-17-10)16-9-11-3-2-5-13(14,15)8-11/h10-12,16H,2-9H2,1H3. The maximum atomic E-state index is 13.2. The molecular formula is C13H23F2NO. The summed E-state index contributed by atoms with van der Waals surface area (Å²) in [6.45, 7) is 3.61. The van der Waals surface area contributed by atoms with Gasteiger partial charge in [-0.15, -0.1) is 0 Å². The summed E-state index contributed by atoms with van der Waals surface area (Å²) >= 11 is 0. The maximum absolute atomic E-state index is 13.2. The van der Waals surface area contributed by atoms with E-state index in [1.54, 1.807) is 0 Å². The molecule has 1 heterocycles.